The number of hydrazine groups is 1. The van der Waals surface area contributed by atoms with Crippen LogP contribution in [0.2, 0.25) is 0 Å². The maximum Gasteiger partial charge on any atom is 0.260 e. The zero-order chi connectivity index (χ0) is 16.9. The highest BCUT2D eigenvalue weighted by Crippen LogP contribution is 2.25. The van der Waals surface area contributed by atoms with Crippen molar-refractivity contribution in [3.05, 3.63) is 36.4 Å². The topological polar surface area (TPSA) is 83.1 Å². The third-order valence-electron chi connectivity index (χ3n) is 3.98. The highest BCUT2D eigenvalue weighted by Gasteiger charge is 2.20. The maximum absolute atomic E-state index is 12.1. The molecule has 3 rings (SSSR count). The van der Waals surface area contributed by atoms with E-state index in [1.807, 2.05) is 30.3 Å². The number of thiazole rings is 1. The van der Waals surface area contributed by atoms with Crippen LogP contribution in [0.3, 0.4) is 0 Å². The number of aromatic nitrogens is 1. The summed E-state index contributed by atoms with van der Waals surface area (Å²) in [7, 11) is 0. The van der Waals surface area contributed by atoms with Crippen LogP contribution < -0.4 is 16.2 Å². The Kier molecular flexibility index (Phi) is 5.10. The number of allylic oxidation sites excluding steroid dienone is 2. The van der Waals surface area contributed by atoms with Crippen molar-refractivity contribution in [2.75, 3.05) is 5.32 Å². The van der Waals surface area contributed by atoms with Gasteiger partial charge in [-0.3, -0.25) is 20.4 Å². The van der Waals surface area contributed by atoms with Crippen molar-refractivity contribution in [3.8, 4) is 0 Å². The molecule has 6 nitrogen and oxygen atoms in total. The smallest absolute Gasteiger partial charge is 0.260 e. The molecule has 126 valence electrons. The first-order valence-electron chi connectivity index (χ1n) is 8.00. The second kappa shape index (κ2) is 7.44. The van der Waals surface area contributed by atoms with Crippen LogP contribution in [-0.4, -0.2) is 22.8 Å². The van der Waals surface area contributed by atoms with Gasteiger partial charge in [-0.05, 0) is 38.3 Å². The number of anilines is 1. The minimum atomic E-state index is -0.503. The monoisotopic (exact) mass is 344 g/mol. The van der Waals surface area contributed by atoms with E-state index in [0.717, 1.165) is 29.5 Å². The van der Waals surface area contributed by atoms with Gasteiger partial charge in [0.2, 0.25) is 5.91 Å². The van der Waals surface area contributed by atoms with E-state index in [-0.39, 0.29) is 17.7 Å². The fraction of sp³-hybridized carbons (Fsp3) is 0.353. The summed E-state index contributed by atoms with van der Waals surface area (Å²) in [5.74, 6) is -0.503. The van der Waals surface area contributed by atoms with Crippen LogP contribution in [0.25, 0.3) is 10.2 Å². The molecule has 1 aromatic heterocycles. The van der Waals surface area contributed by atoms with Crippen molar-refractivity contribution in [2.24, 2.45) is 5.92 Å². The molecule has 3 N–H and O–H groups in total. The van der Waals surface area contributed by atoms with E-state index in [4.69, 9.17) is 0 Å². The van der Waals surface area contributed by atoms with Crippen molar-refractivity contribution >= 4 is 38.5 Å². The molecule has 2 atom stereocenters. The molecule has 2 unspecified atom stereocenters. The molecule has 2 amide bonds. The first-order valence-corrected chi connectivity index (χ1v) is 8.82. The molecule has 0 aliphatic heterocycles. The molecule has 1 aliphatic rings. The Bertz CT molecular complexity index is 738. The van der Waals surface area contributed by atoms with E-state index in [9.17, 15) is 9.59 Å². The highest BCUT2D eigenvalue weighted by atomic mass is 32.1. The Labute approximate surface area is 144 Å². The van der Waals surface area contributed by atoms with E-state index in [1.165, 1.54) is 11.3 Å². The lowest BCUT2D eigenvalue weighted by Crippen LogP contribution is -2.49. The minimum absolute atomic E-state index is 0.0668. The summed E-state index contributed by atoms with van der Waals surface area (Å²) >= 11 is 1.49. The van der Waals surface area contributed by atoms with E-state index in [2.05, 4.69) is 27.2 Å². The average molecular weight is 344 g/mol. The van der Waals surface area contributed by atoms with Crippen molar-refractivity contribution in [1.82, 2.24) is 15.8 Å². The largest absolute Gasteiger partial charge is 0.350 e. The number of benzene rings is 1. The molecular formula is C17H20N4O2S. The highest BCUT2D eigenvalue weighted by molar-refractivity contribution is 7.22. The number of carbonyl (C=O) groups is 2. The average Bonchev–Trinajstić information content (AvgIpc) is 3.02. The zero-order valence-electron chi connectivity index (χ0n) is 13.4. The Morgan fingerprint density at radius 1 is 1.25 bits per heavy atom. The van der Waals surface area contributed by atoms with Crippen molar-refractivity contribution in [2.45, 2.75) is 32.2 Å². The van der Waals surface area contributed by atoms with E-state index >= 15 is 0 Å². The van der Waals surface area contributed by atoms with Crippen LogP contribution in [0.15, 0.2) is 36.4 Å². The minimum Gasteiger partial charge on any atom is -0.350 e. The summed E-state index contributed by atoms with van der Waals surface area (Å²) < 4.78 is 1.06. The second-order valence-corrected chi connectivity index (χ2v) is 6.84. The Hall–Kier alpha value is -2.41. The van der Waals surface area contributed by atoms with Crippen molar-refractivity contribution in [1.29, 1.82) is 0 Å². The van der Waals surface area contributed by atoms with Crippen molar-refractivity contribution in [3.63, 3.8) is 0 Å². The first kappa shape index (κ1) is 16.4. The molecule has 0 radical (unpaired) electrons. The number of nitrogens with one attached hydrogen (secondary N) is 3. The fourth-order valence-electron chi connectivity index (χ4n) is 2.55. The van der Waals surface area contributed by atoms with E-state index in [0.29, 0.717) is 5.13 Å². The van der Waals surface area contributed by atoms with Gasteiger partial charge in [-0.2, -0.15) is 0 Å². The number of para-hydroxylation sites is 1. The standard InChI is InChI=1S/C17H20N4O2S/c1-11(18-17-19-13-9-5-6-10-14(13)24-17)15(22)20-21-16(23)12-7-3-2-4-8-12/h2-3,5-6,9-12H,4,7-8H2,1H3,(H,18,19)(H,20,22)(H,21,23). The lowest BCUT2D eigenvalue weighted by atomic mass is 9.94. The van der Waals surface area contributed by atoms with E-state index in [1.54, 1.807) is 6.92 Å². The van der Waals surface area contributed by atoms with E-state index < -0.39 is 6.04 Å². The number of nitrogens with zero attached hydrogens (tertiary/aromatic N) is 1. The quantitative estimate of drug-likeness (QED) is 0.588. The molecule has 7 heteroatoms. The van der Waals surface area contributed by atoms with Gasteiger partial charge in [0.25, 0.3) is 5.91 Å². The lowest BCUT2D eigenvalue weighted by molar-refractivity contribution is -0.131. The van der Waals surface area contributed by atoms with Crippen LogP contribution in [0.1, 0.15) is 26.2 Å². The Morgan fingerprint density at radius 3 is 2.83 bits per heavy atom. The summed E-state index contributed by atoms with van der Waals surface area (Å²) in [6.45, 7) is 1.73. The van der Waals surface area contributed by atoms with Gasteiger partial charge in [-0.1, -0.05) is 35.6 Å². The maximum atomic E-state index is 12.1. The van der Waals surface area contributed by atoms with Crippen LogP contribution in [-0.2, 0) is 9.59 Å². The number of amides is 2. The third-order valence-corrected chi connectivity index (χ3v) is 4.94. The predicted molar refractivity (Wildman–Crippen MR) is 95.5 cm³/mol. The van der Waals surface area contributed by atoms with Crippen LogP contribution in [0.5, 0.6) is 0 Å². The second-order valence-electron chi connectivity index (χ2n) is 5.81. The molecule has 2 aromatic rings. The number of hydrogen-bond donors (Lipinski definition) is 3. The molecule has 1 aliphatic carbocycles. The van der Waals surface area contributed by atoms with Gasteiger partial charge in [0.15, 0.2) is 5.13 Å². The molecule has 0 fully saturated rings. The van der Waals surface area contributed by atoms with Crippen LogP contribution >= 0.6 is 11.3 Å². The normalized spacial score (nSPS) is 18.1. The summed E-state index contributed by atoms with van der Waals surface area (Å²) in [4.78, 5) is 28.6. The third kappa shape index (κ3) is 3.91. The van der Waals surface area contributed by atoms with Gasteiger partial charge in [0.1, 0.15) is 6.04 Å². The lowest BCUT2D eigenvalue weighted by Gasteiger charge is -2.19. The Morgan fingerprint density at radius 2 is 2.08 bits per heavy atom. The summed E-state index contributed by atoms with van der Waals surface area (Å²) in [6.07, 6.45) is 6.53. The summed E-state index contributed by atoms with van der Waals surface area (Å²) in [5.41, 5.74) is 5.90. The SMILES string of the molecule is CC(Nc1nc2ccccc2s1)C(=O)NNC(=O)C1CC=CCC1. The van der Waals surface area contributed by atoms with Gasteiger partial charge in [0.05, 0.1) is 10.2 Å². The van der Waals surface area contributed by atoms with Crippen LogP contribution in [0, 0.1) is 5.92 Å². The zero-order valence-corrected chi connectivity index (χ0v) is 14.2. The van der Waals surface area contributed by atoms with Gasteiger partial charge in [-0.15, -0.1) is 0 Å². The molecule has 1 heterocycles. The fourth-order valence-corrected chi connectivity index (χ4v) is 3.50. The number of rotatable bonds is 4. The number of hydrogen-bond acceptors (Lipinski definition) is 5. The molecular weight excluding hydrogens is 324 g/mol. The van der Waals surface area contributed by atoms with Crippen LogP contribution in [0.4, 0.5) is 5.13 Å². The van der Waals surface area contributed by atoms with Crippen molar-refractivity contribution < 1.29 is 9.59 Å². The molecule has 0 spiro atoms. The van der Waals surface area contributed by atoms with Gasteiger partial charge in [-0.25, -0.2) is 4.98 Å². The molecule has 0 saturated heterocycles. The van der Waals surface area contributed by atoms with Gasteiger partial charge < -0.3 is 5.32 Å². The Balaban J connectivity index is 1.51. The molecule has 0 saturated carbocycles. The summed E-state index contributed by atoms with van der Waals surface area (Å²) in [6, 6.07) is 7.30. The number of fused-ring (bicyclic) bond motifs is 1. The molecule has 24 heavy (non-hydrogen) atoms. The molecule has 0 bridgehead atoms. The molecule has 1 aromatic carbocycles. The van der Waals surface area contributed by atoms with Gasteiger partial charge in [0, 0.05) is 5.92 Å². The number of carbonyl (C=O) groups excluding carboxylic acids is 2. The predicted octanol–water partition coefficient (Wildman–Crippen LogP) is 2.60. The summed E-state index contributed by atoms with van der Waals surface area (Å²) in [5, 5.41) is 3.75. The van der Waals surface area contributed by atoms with Gasteiger partial charge >= 0.3 is 0 Å². The first-order chi connectivity index (χ1) is 11.6.